The Morgan fingerprint density at radius 1 is 1.40 bits per heavy atom. The number of aromatic amines is 1. The van der Waals surface area contributed by atoms with Gasteiger partial charge < -0.3 is 9.88 Å². The lowest BCUT2D eigenvalue weighted by Crippen LogP contribution is -2.11. The molecule has 0 spiro atoms. The first-order valence-electron chi connectivity index (χ1n) is 4.61. The van der Waals surface area contributed by atoms with Gasteiger partial charge in [0.25, 0.3) is 0 Å². The average molecular weight is 221 g/mol. The lowest BCUT2D eigenvalue weighted by atomic mass is 10.3. The number of nitrogens with zero attached hydrogens (tertiary/aromatic N) is 2. The van der Waals surface area contributed by atoms with E-state index in [0.717, 1.165) is 5.69 Å². The van der Waals surface area contributed by atoms with Crippen molar-refractivity contribution < 1.29 is 13.2 Å². The molecule has 1 N–H and O–H groups in total. The fraction of sp³-hybridized carbons (Fsp3) is 0.667. The lowest BCUT2D eigenvalue weighted by molar-refractivity contribution is -0.134. The second-order valence-electron chi connectivity index (χ2n) is 3.71. The van der Waals surface area contributed by atoms with Crippen LogP contribution in [0.1, 0.15) is 17.9 Å². The molecule has 1 rings (SSSR count). The number of aromatic nitrogens is 2. The van der Waals surface area contributed by atoms with Crippen LogP contribution >= 0.6 is 0 Å². The number of imidazole rings is 1. The highest BCUT2D eigenvalue weighted by Gasteiger charge is 2.26. The van der Waals surface area contributed by atoms with Gasteiger partial charge in [-0.1, -0.05) is 0 Å². The first-order chi connectivity index (χ1) is 6.87. The van der Waals surface area contributed by atoms with E-state index in [-0.39, 0.29) is 6.42 Å². The number of hydrogen-bond acceptors (Lipinski definition) is 2. The highest BCUT2D eigenvalue weighted by atomic mass is 19.4. The summed E-state index contributed by atoms with van der Waals surface area (Å²) in [5.74, 6) is 0.393. The number of hydrogen-bond donors (Lipinski definition) is 1. The first-order valence-corrected chi connectivity index (χ1v) is 4.61. The molecule has 0 amide bonds. The van der Waals surface area contributed by atoms with Crippen LogP contribution in [0, 0.1) is 0 Å². The van der Waals surface area contributed by atoms with Gasteiger partial charge in [-0.3, -0.25) is 0 Å². The van der Waals surface area contributed by atoms with Crippen molar-refractivity contribution in [3.05, 3.63) is 17.7 Å². The zero-order chi connectivity index (χ0) is 11.5. The Morgan fingerprint density at radius 2 is 2.07 bits per heavy atom. The summed E-state index contributed by atoms with van der Waals surface area (Å²) in [5.41, 5.74) is 0.831. The van der Waals surface area contributed by atoms with Crippen LogP contribution in [0.3, 0.4) is 0 Å². The fourth-order valence-electron chi connectivity index (χ4n) is 1.21. The Bertz CT molecular complexity index is 304. The predicted octanol–water partition coefficient (Wildman–Crippen LogP) is 1.97. The van der Waals surface area contributed by atoms with Crippen LogP contribution in [0.15, 0.2) is 6.20 Å². The molecule has 0 aliphatic heterocycles. The minimum absolute atomic E-state index is 0.0864. The maximum absolute atomic E-state index is 11.9. The molecule has 15 heavy (non-hydrogen) atoms. The van der Waals surface area contributed by atoms with E-state index in [1.807, 2.05) is 19.0 Å². The van der Waals surface area contributed by atoms with E-state index in [4.69, 9.17) is 0 Å². The lowest BCUT2D eigenvalue weighted by Gasteiger charge is -2.06. The van der Waals surface area contributed by atoms with Crippen LogP contribution in [0.2, 0.25) is 0 Å². The predicted molar refractivity (Wildman–Crippen MR) is 50.4 cm³/mol. The standard InChI is InChI=1S/C9H14F3N3/c1-15(2)6-7-5-13-8(14-7)3-4-9(10,11)12/h5H,3-4,6H2,1-2H3,(H,13,14). The van der Waals surface area contributed by atoms with Crippen LogP contribution in [0.25, 0.3) is 0 Å². The molecule has 1 aromatic rings. The molecule has 6 heteroatoms. The van der Waals surface area contributed by atoms with Crippen molar-refractivity contribution in [1.82, 2.24) is 14.9 Å². The second kappa shape index (κ2) is 4.65. The third-order valence-corrected chi connectivity index (χ3v) is 1.81. The summed E-state index contributed by atoms with van der Waals surface area (Å²) in [6.07, 6.45) is -3.46. The Kier molecular flexibility index (Phi) is 3.73. The number of aryl methyl sites for hydroxylation is 1. The second-order valence-corrected chi connectivity index (χ2v) is 3.71. The molecule has 0 aliphatic rings. The number of nitrogens with one attached hydrogen (secondary N) is 1. The van der Waals surface area contributed by atoms with Gasteiger partial charge in [0.1, 0.15) is 5.82 Å². The van der Waals surface area contributed by atoms with Crippen LogP contribution in [-0.2, 0) is 13.0 Å². The van der Waals surface area contributed by atoms with Crippen molar-refractivity contribution in [2.75, 3.05) is 14.1 Å². The molecule has 0 aliphatic carbocycles. The SMILES string of the molecule is CN(C)Cc1cnc(CCC(F)(F)F)[nH]1. The largest absolute Gasteiger partial charge is 0.389 e. The van der Waals surface area contributed by atoms with Gasteiger partial charge >= 0.3 is 6.18 Å². The third-order valence-electron chi connectivity index (χ3n) is 1.81. The summed E-state index contributed by atoms with van der Waals surface area (Å²) in [4.78, 5) is 8.67. The molecular formula is C9H14F3N3. The summed E-state index contributed by atoms with van der Waals surface area (Å²) < 4.78 is 35.7. The molecule has 0 saturated carbocycles. The normalized spacial score (nSPS) is 12.4. The van der Waals surface area contributed by atoms with E-state index >= 15 is 0 Å². The van der Waals surface area contributed by atoms with Crippen LogP contribution in [-0.4, -0.2) is 35.1 Å². The van der Waals surface area contributed by atoms with Gasteiger partial charge in [0.2, 0.25) is 0 Å². The van der Waals surface area contributed by atoms with Gasteiger partial charge in [-0.05, 0) is 14.1 Å². The molecule has 1 heterocycles. The number of rotatable bonds is 4. The van der Waals surface area contributed by atoms with E-state index in [1.165, 1.54) is 0 Å². The summed E-state index contributed by atoms with van der Waals surface area (Å²) >= 11 is 0. The van der Waals surface area contributed by atoms with E-state index < -0.39 is 12.6 Å². The van der Waals surface area contributed by atoms with Crippen molar-refractivity contribution in [2.24, 2.45) is 0 Å². The van der Waals surface area contributed by atoms with E-state index in [9.17, 15) is 13.2 Å². The molecule has 0 saturated heterocycles. The molecule has 3 nitrogen and oxygen atoms in total. The minimum atomic E-state index is -4.12. The monoisotopic (exact) mass is 221 g/mol. The van der Waals surface area contributed by atoms with Crippen molar-refractivity contribution in [1.29, 1.82) is 0 Å². The Morgan fingerprint density at radius 3 is 2.60 bits per heavy atom. The molecule has 0 aromatic carbocycles. The Labute approximate surface area is 86.3 Å². The highest BCUT2D eigenvalue weighted by molar-refractivity contribution is 5.01. The molecule has 0 unspecified atom stereocenters. The smallest absolute Gasteiger partial charge is 0.345 e. The maximum Gasteiger partial charge on any atom is 0.389 e. The van der Waals surface area contributed by atoms with Crippen molar-refractivity contribution in [2.45, 2.75) is 25.6 Å². The van der Waals surface area contributed by atoms with E-state index in [2.05, 4.69) is 9.97 Å². The van der Waals surface area contributed by atoms with Gasteiger partial charge in [0.05, 0.1) is 6.42 Å². The van der Waals surface area contributed by atoms with Crippen molar-refractivity contribution >= 4 is 0 Å². The molecule has 86 valence electrons. The maximum atomic E-state index is 11.9. The average Bonchev–Trinajstić information content (AvgIpc) is 2.46. The number of alkyl halides is 3. The zero-order valence-corrected chi connectivity index (χ0v) is 8.73. The van der Waals surface area contributed by atoms with E-state index in [0.29, 0.717) is 12.4 Å². The minimum Gasteiger partial charge on any atom is -0.345 e. The number of H-pyrrole nitrogens is 1. The van der Waals surface area contributed by atoms with Gasteiger partial charge in [-0.15, -0.1) is 0 Å². The first kappa shape index (κ1) is 12.0. The Hall–Kier alpha value is -1.04. The fourth-order valence-corrected chi connectivity index (χ4v) is 1.21. The van der Waals surface area contributed by atoms with E-state index in [1.54, 1.807) is 6.20 Å². The molecule has 1 aromatic heterocycles. The summed E-state index contributed by atoms with van der Waals surface area (Å²) in [6.45, 7) is 0.652. The Balaban J connectivity index is 2.46. The molecule has 0 radical (unpaired) electrons. The molecule has 0 fully saturated rings. The van der Waals surface area contributed by atoms with Crippen molar-refractivity contribution in [3.63, 3.8) is 0 Å². The summed E-state index contributed by atoms with van der Waals surface area (Å²) in [5, 5.41) is 0. The van der Waals surface area contributed by atoms with Gasteiger partial charge in [0.15, 0.2) is 0 Å². The third kappa shape index (κ3) is 4.83. The van der Waals surface area contributed by atoms with Crippen LogP contribution in [0.4, 0.5) is 13.2 Å². The zero-order valence-electron chi connectivity index (χ0n) is 8.73. The van der Waals surface area contributed by atoms with Crippen LogP contribution in [0.5, 0.6) is 0 Å². The molecule has 0 bridgehead atoms. The molecular weight excluding hydrogens is 207 g/mol. The topological polar surface area (TPSA) is 31.9 Å². The summed E-state index contributed by atoms with van der Waals surface area (Å²) in [6, 6.07) is 0. The quantitative estimate of drug-likeness (QED) is 0.842. The highest BCUT2D eigenvalue weighted by Crippen LogP contribution is 2.21. The van der Waals surface area contributed by atoms with Gasteiger partial charge in [-0.2, -0.15) is 13.2 Å². The van der Waals surface area contributed by atoms with Crippen LogP contribution < -0.4 is 0 Å². The molecule has 0 atom stereocenters. The number of halogens is 3. The van der Waals surface area contributed by atoms with Gasteiger partial charge in [-0.25, -0.2) is 4.98 Å². The van der Waals surface area contributed by atoms with Gasteiger partial charge in [0, 0.05) is 24.9 Å². The van der Waals surface area contributed by atoms with Crippen molar-refractivity contribution in [3.8, 4) is 0 Å². The summed E-state index contributed by atoms with van der Waals surface area (Å²) in [7, 11) is 3.77.